The van der Waals surface area contributed by atoms with Gasteiger partial charge in [-0.3, -0.25) is 0 Å². The van der Waals surface area contributed by atoms with Crippen LogP contribution in [0.25, 0.3) is 0 Å². The lowest BCUT2D eigenvalue weighted by molar-refractivity contribution is -0.137. The molecule has 0 bridgehead atoms. The Labute approximate surface area is 126 Å². The molecule has 0 aliphatic heterocycles. The molecule has 0 radical (unpaired) electrons. The third-order valence-electron chi connectivity index (χ3n) is 4.00. The Balaban J connectivity index is 2.30. The fourth-order valence-electron chi connectivity index (χ4n) is 3.17. The number of aromatic nitrogens is 1. The molecule has 1 aromatic rings. The van der Waals surface area contributed by atoms with E-state index in [1.807, 2.05) is 6.92 Å². The summed E-state index contributed by atoms with van der Waals surface area (Å²) in [6.07, 6.45) is 1.93. The number of nitrogens with one attached hydrogen (secondary N) is 1. The highest BCUT2D eigenvalue weighted by atomic mass is 32.1. The summed E-state index contributed by atoms with van der Waals surface area (Å²) in [5.74, 6) is 0. The van der Waals surface area contributed by atoms with Crippen LogP contribution in [0.4, 0.5) is 13.2 Å². The Morgan fingerprint density at radius 3 is 2.52 bits per heavy atom. The van der Waals surface area contributed by atoms with E-state index < -0.39 is 16.8 Å². The third kappa shape index (κ3) is 3.57. The minimum atomic E-state index is -4.38. The molecule has 120 valence electrons. The number of nitrogens with zero attached hydrogens (tertiary/aromatic N) is 1. The first-order chi connectivity index (χ1) is 9.93. The topological polar surface area (TPSA) is 34.1 Å². The van der Waals surface area contributed by atoms with Gasteiger partial charge in [0.2, 0.25) is 0 Å². The monoisotopic (exact) mass is 322 g/mol. The van der Waals surface area contributed by atoms with Gasteiger partial charge < -0.3 is 10.1 Å². The van der Waals surface area contributed by atoms with E-state index in [4.69, 9.17) is 4.74 Å². The molecule has 1 fully saturated rings. The van der Waals surface area contributed by atoms with E-state index in [1.54, 1.807) is 7.05 Å². The van der Waals surface area contributed by atoms with E-state index in [1.165, 1.54) is 6.20 Å². The molecule has 1 aliphatic carbocycles. The molecule has 0 spiro atoms. The first-order valence-electron chi connectivity index (χ1n) is 7.27. The van der Waals surface area contributed by atoms with Crippen LogP contribution in [0.15, 0.2) is 6.20 Å². The standard InChI is InChI=1S/C14H21F3N2OS/c1-3-20-13(7-5-4-6-8-13)11(18-2)10-9-19-12(21-10)14(15,16)17/h9,11,18H,3-8H2,1-2H3. The van der Waals surface area contributed by atoms with E-state index in [0.29, 0.717) is 22.8 Å². The smallest absolute Gasteiger partial charge is 0.373 e. The lowest BCUT2D eigenvalue weighted by Crippen LogP contribution is -2.46. The van der Waals surface area contributed by atoms with Crippen molar-refractivity contribution in [3.63, 3.8) is 0 Å². The van der Waals surface area contributed by atoms with Gasteiger partial charge in [0.25, 0.3) is 0 Å². The molecular weight excluding hydrogens is 301 g/mol. The minimum absolute atomic E-state index is 0.244. The number of hydrogen-bond acceptors (Lipinski definition) is 4. The third-order valence-corrected chi connectivity index (χ3v) is 5.10. The largest absolute Gasteiger partial charge is 0.443 e. The maximum absolute atomic E-state index is 12.8. The highest BCUT2D eigenvalue weighted by Crippen LogP contribution is 2.44. The number of alkyl halides is 3. The number of hydrogen-bond donors (Lipinski definition) is 1. The Kier molecular flexibility index (Phi) is 5.27. The van der Waals surface area contributed by atoms with Gasteiger partial charge >= 0.3 is 6.18 Å². The van der Waals surface area contributed by atoms with Crippen molar-refractivity contribution in [3.05, 3.63) is 16.1 Å². The predicted molar refractivity (Wildman–Crippen MR) is 76.4 cm³/mol. The van der Waals surface area contributed by atoms with Gasteiger partial charge in [0, 0.05) is 17.7 Å². The van der Waals surface area contributed by atoms with Crippen molar-refractivity contribution < 1.29 is 17.9 Å². The molecule has 1 atom stereocenters. The normalized spacial score (nSPS) is 20.4. The van der Waals surface area contributed by atoms with Gasteiger partial charge in [-0.25, -0.2) is 4.98 Å². The Morgan fingerprint density at radius 1 is 1.38 bits per heavy atom. The van der Waals surface area contributed by atoms with Gasteiger partial charge in [-0.05, 0) is 26.8 Å². The number of rotatable bonds is 5. The summed E-state index contributed by atoms with van der Waals surface area (Å²) in [5.41, 5.74) is -0.419. The summed E-state index contributed by atoms with van der Waals surface area (Å²) in [7, 11) is 1.77. The van der Waals surface area contributed by atoms with Crippen molar-refractivity contribution in [1.82, 2.24) is 10.3 Å². The summed E-state index contributed by atoms with van der Waals surface area (Å²) in [5, 5.41) is 2.37. The number of thiazole rings is 1. The van der Waals surface area contributed by atoms with Crippen molar-refractivity contribution in [1.29, 1.82) is 0 Å². The van der Waals surface area contributed by atoms with Gasteiger partial charge in [0.05, 0.1) is 11.6 Å². The summed E-state index contributed by atoms with van der Waals surface area (Å²) < 4.78 is 44.3. The first-order valence-corrected chi connectivity index (χ1v) is 8.09. The van der Waals surface area contributed by atoms with Gasteiger partial charge in [-0.2, -0.15) is 13.2 Å². The molecule has 0 saturated heterocycles. The molecule has 0 aromatic carbocycles. The quantitative estimate of drug-likeness (QED) is 0.884. The molecular formula is C14H21F3N2OS. The van der Waals surface area contributed by atoms with Crippen LogP contribution in [-0.2, 0) is 10.9 Å². The highest BCUT2D eigenvalue weighted by Gasteiger charge is 2.43. The van der Waals surface area contributed by atoms with Gasteiger partial charge in [0.1, 0.15) is 0 Å². The van der Waals surface area contributed by atoms with Crippen LogP contribution in [0.1, 0.15) is 55.0 Å². The zero-order valence-electron chi connectivity index (χ0n) is 12.3. The van der Waals surface area contributed by atoms with E-state index in [2.05, 4.69) is 10.3 Å². The van der Waals surface area contributed by atoms with Crippen LogP contribution in [-0.4, -0.2) is 24.2 Å². The number of ether oxygens (including phenoxy) is 1. The van der Waals surface area contributed by atoms with Crippen LogP contribution in [0.2, 0.25) is 0 Å². The molecule has 3 nitrogen and oxygen atoms in total. The molecule has 1 N–H and O–H groups in total. The Bertz CT molecular complexity index is 450. The molecule has 0 amide bonds. The first kappa shape index (κ1) is 16.7. The average Bonchev–Trinajstić information content (AvgIpc) is 2.90. The van der Waals surface area contributed by atoms with Crippen molar-refractivity contribution in [3.8, 4) is 0 Å². The van der Waals surface area contributed by atoms with Gasteiger partial charge in [0.15, 0.2) is 5.01 Å². The SMILES string of the molecule is CCOC1(C(NC)c2cnc(C(F)(F)F)s2)CCCCC1. The lowest BCUT2D eigenvalue weighted by atomic mass is 9.78. The molecule has 1 saturated carbocycles. The van der Waals surface area contributed by atoms with E-state index in [9.17, 15) is 13.2 Å². The van der Waals surface area contributed by atoms with Crippen molar-refractivity contribution in [2.24, 2.45) is 0 Å². The molecule has 1 unspecified atom stereocenters. The van der Waals surface area contributed by atoms with Crippen LogP contribution >= 0.6 is 11.3 Å². The van der Waals surface area contributed by atoms with Crippen molar-refractivity contribution in [2.45, 2.75) is 56.8 Å². The zero-order chi connectivity index (χ0) is 15.5. The summed E-state index contributed by atoms with van der Waals surface area (Å²) in [6, 6.07) is -0.244. The minimum Gasteiger partial charge on any atom is -0.373 e. The number of halogens is 3. The lowest BCUT2D eigenvalue weighted by Gasteiger charge is -2.42. The second-order valence-corrected chi connectivity index (χ2v) is 6.41. The van der Waals surface area contributed by atoms with Crippen LogP contribution in [0, 0.1) is 0 Å². The van der Waals surface area contributed by atoms with Gasteiger partial charge in [-0.15, -0.1) is 11.3 Å². The van der Waals surface area contributed by atoms with E-state index >= 15 is 0 Å². The van der Waals surface area contributed by atoms with Gasteiger partial charge in [-0.1, -0.05) is 19.3 Å². The highest BCUT2D eigenvalue weighted by molar-refractivity contribution is 7.11. The van der Waals surface area contributed by atoms with Crippen LogP contribution in [0.3, 0.4) is 0 Å². The van der Waals surface area contributed by atoms with Crippen LogP contribution < -0.4 is 5.32 Å². The van der Waals surface area contributed by atoms with Crippen LogP contribution in [0.5, 0.6) is 0 Å². The Hall–Kier alpha value is -0.660. The predicted octanol–water partition coefficient (Wildman–Crippen LogP) is 4.16. The summed E-state index contributed by atoms with van der Waals surface area (Å²) >= 11 is 0.712. The second-order valence-electron chi connectivity index (χ2n) is 5.35. The second kappa shape index (κ2) is 6.62. The van der Waals surface area contributed by atoms with Crippen molar-refractivity contribution in [2.75, 3.05) is 13.7 Å². The Morgan fingerprint density at radius 2 is 2.05 bits per heavy atom. The summed E-state index contributed by atoms with van der Waals surface area (Å²) in [4.78, 5) is 4.14. The molecule has 1 aromatic heterocycles. The maximum atomic E-state index is 12.8. The molecule has 1 heterocycles. The molecule has 21 heavy (non-hydrogen) atoms. The maximum Gasteiger partial charge on any atom is 0.443 e. The molecule has 2 rings (SSSR count). The van der Waals surface area contributed by atoms with Crippen molar-refractivity contribution >= 4 is 11.3 Å². The molecule has 1 aliphatic rings. The number of likely N-dealkylation sites (N-methyl/N-ethyl adjacent to an activating group) is 1. The average molecular weight is 322 g/mol. The fraction of sp³-hybridized carbons (Fsp3) is 0.786. The zero-order valence-corrected chi connectivity index (χ0v) is 13.1. The molecule has 7 heteroatoms. The van der Waals surface area contributed by atoms with E-state index in [0.717, 1.165) is 32.1 Å². The van der Waals surface area contributed by atoms with E-state index in [-0.39, 0.29) is 6.04 Å². The fourth-order valence-corrected chi connectivity index (χ4v) is 4.17. The summed E-state index contributed by atoms with van der Waals surface area (Å²) in [6.45, 7) is 2.49.